The second-order valence-electron chi connectivity index (χ2n) is 3.11. The fraction of sp³-hybridized carbons (Fsp3) is 0.364. The lowest BCUT2D eigenvalue weighted by atomic mass is 10.1. The van der Waals surface area contributed by atoms with E-state index in [-0.39, 0.29) is 18.1 Å². The number of nitrogens with zero attached hydrogens (tertiary/aromatic N) is 2. The van der Waals surface area contributed by atoms with E-state index in [1.807, 2.05) is 0 Å². The third-order valence-electron chi connectivity index (χ3n) is 2.05. The summed E-state index contributed by atoms with van der Waals surface area (Å²) >= 11 is 0. The summed E-state index contributed by atoms with van der Waals surface area (Å²) < 4.78 is 34.9. The SMILES string of the molecule is CCOC(=O)c1cc(OC)c(C(F)F)c(C#N)n1. The molecule has 0 radical (unpaired) electrons. The van der Waals surface area contributed by atoms with Crippen molar-refractivity contribution in [3.63, 3.8) is 0 Å². The largest absolute Gasteiger partial charge is 0.496 e. The van der Waals surface area contributed by atoms with Gasteiger partial charge < -0.3 is 9.47 Å². The van der Waals surface area contributed by atoms with Crippen molar-refractivity contribution in [2.75, 3.05) is 13.7 Å². The van der Waals surface area contributed by atoms with Crippen molar-refractivity contribution in [2.24, 2.45) is 0 Å². The van der Waals surface area contributed by atoms with Gasteiger partial charge in [-0.1, -0.05) is 0 Å². The first-order valence-corrected chi connectivity index (χ1v) is 4.99. The number of hydrogen-bond donors (Lipinski definition) is 0. The van der Waals surface area contributed by atoms with Crippen molar-refractivity contribution in [1.29, 1.82) is 5.26 Å². The smallest absolute Gasteiger partial charge is 0.357 e. The summed E-state index contributed by atoms with van der Waals surface area (Å²) in [5.41, 5.74) is -1.42. The Kier molecular flexibility index (Phi) is 4.54. The van der Waals surface area contributed by atoms with Crippen molar-refractivity contribution >= 4 is 5.97 Å². The van der Waals surface area contributed by atoms with Gasteiger partial charge in [-0.2, -0.15) is 5.26 Å². The van der Waals surface area contributed by atoms with Gasteiger partial charge in [-0.15, -0.1) is 0 Å². The van der Waals surface area contributed by atoms with Crippen LogP contribution in [0.25, 0.3) is 0 Å². The van der Waals surface area contributed by atoms with Crippen LogP contribution in [0.5, 0.6) is 5.75 Å². The predicted octanol–water partition coefficient (Wildman–Crippen LogP) is 2.08. The number of pyridine rings is 1. The zero-order valence-electron chi connectivity index (χ0n) is 9.74. The molecule has 0 aromatic carbocycles. The van der Waals surface area contributed by atoms with Gasteiger partial charge in [0.05, 0.1) is 19.3 Å². The van der Waals surface area contributed by atoms with Crippen LogP contribution >= 0.6 is 0 Å². The maximum absolute atomic E-state index is 12.8. The van der Waals surface area contributed by atoms with Gasteiger partial charge >= 0.3 is 5.97 Å². The van der Waals surface area contributed by atoms with E-state index >= 15 is 0 Å². The second kappa shape index (κ2) is 5.91. The number of carbonyl (C=O) groups excluding carboxylic acids is 1. The van der Waals surface area contributed by atoms with Gasteiger partial charge in [-0.05, 0) is 6.92 Å². The van der Waals surface area contributed by atoms with E-state index in [0.29, 0.717) is 0 Å². The number of nitriles is 1. The molecule has 0 bridgehead atoms. The van der Waals surface area contributed by atoms with Crippen LogP contribution in [-0.4, -0.2) is 24.7 Å². The number of carbonyl (C=O) groups is 1. The Morgan fingerprint density at radius 1 is 1.61 bits per heavy atom. The zero-order chi connectivity index (χ0) is 13.7. The van der Waals surface area contributed by atoms with Crippen LogP contribution in [0.15, 0.2) is 6.07 Å². The third-order valence-corrected chi connectivity index (χ3v) is 2.05. The zero-order valence-corrected chi connectivity index (χ0v) is 9.74. The van der Waals surface area contributed by atoms with Gasteiger partial charge in [-0.3, -0.25) is 0 Å². The highest BCUT2D eigenvalue weighted by Gasteiger charge is 2.24. The van der Waals surface area contributed by atoms with Gasteiger partial charge in [0.25, 0.3) is 6.43 Å². The van der Waals surface area contributed by atoms with Gasteiger partial charge in [-0.25, -0.2) is 18.6 Å². The number of hydrogen-bond acceptors (Lipinski definition) is 5. The molecule has 0 fully saturated rings. The fourth-order valence-electron chi connectivity index (χ4n) is 1.31. The molecular weight excluding hydrogens is 246 g/mol. The number of rotatable bonds is 4. The van der Waals surface area contributed by atoms with E-state index < -0.39 is 23.7 Å². The number of alkyl halides is 2. The summed E-state index contributed by atoms with van der Waals surface area (Å²) in [7, 11) is 1.16. The highest BCUT2D eigenvalue weighted by molar-refractivity contribution is 5.88. The Morgan fingerprint density at radius 2 is 2.28 bits per heavy atom. The van der Waals surface area contributed by atoms with E-state index in [2.05, 4.69) is 9.72 Å². The molecule has 0 saturated heterocycles. The summed E-state index contributed by atoms with van der Waals surface area (Å²) in [6, 6.07) is 2.54. The van der Waals surface area contributed by atoms with Crippen molar-refractivity contribution in [1.82, 2.24) is 4.98 Å². The molecule has 0 aliphatic rings. The Labute approximate surface area is 102 Å². The van der Waals surface area contributed by atoms with Gasteiger partial charge in [0.15, 0.2) is 11.4 Å². The van der Waals surface area contributed by atoms with E-state index in [9.17, 15) is 13.6 Å². The first kappa shape index (κ1) is 13.8. The van der Waals surface area contributed by atoms with Crippen molar-refractivity contribution in [3.05, 3.63) is 23.0 Å². The van der Waals surface area contributed by atoms with Crippen LogP contribution in [0.2, 0.25) is 0 Å². The molecule has 1 aromatic heterocycles. The molecule has 0 aliphatic carbocycles. The summed E-state index contributed by atoms with van der Waals surface area (Å²) in [5.74, 6) is -1.06. The summed E-state index contributed by atoms with van der Waals surface area (Å²) in [6.07, 6.45) is -2.92. The topological polar surface area (TPSA) is 72.2 Å². The molecule has 1 aromatic rings. The minimum atomic E-state index is -2.92. The lowest BCUT2D eigenvalue weighted by Crippen LogP contribution is -2.10. The first-order chi connectivity index (χ1) is 8.54. The van der Waals surface area contributed by atoms with Crippen molar-refractivity contribution in [2.45, 2.75) is 13.3 Å². The third kappa shape index (κ3) is 2.71. The van der Waals surface area contributed by atoms with E-state index in [1.165, 1.54) is 6.07 Å². The maximum Gasteiger partial charge on any atom is 0.357 e. The van der Waals surface area contributed by atoms with Crippen LogP contribution in [-0.2, 0) is 4.74 Å². The summed E-state index contributed by atoms with van der Waals surface area (Å²) in [4.78, 5) is 15.0. The molecule has 0 saturated carbocycles. The average Bonchev–Trinajstić information content (AvgIpc) is 2.36. The molecule has 96 valence electrons. The highest BCUT2D eigenvalue weighted by Crippen LogP contribution is 2.31. The summed E-state index contributed by atoms with van der Waals surface area (Å²) in [5, 5.41) is 8.77. The Bertz CT molecular complexity index is 498. The number of ether oxygens (including phenoxy) is 2. The van der Waals surface area contributed by atoms with Crippen LogP contribution < -0.4 is 4.74 Å². The van der Waals surface area contributed by atoms with Gasteiger partial charge in [0.2, 0.25) is 0 Å². The molecule has 18 heavy (non-hydrogen) atoms. The monoisotopic (exact) mass is 256 g/mol. The average molecular weight is 256 g/mol. The molecule has 1 heterocycles. The molecule has 0 aliphatic heterocycles. The first-order valence-electron chi connectivity index (χ1n) is 4.99. The highest BCUT2D eigenvalue weighted by atomic mass is 19.3. The van der Waals surface area contributed by atoms with E-state index in [1.54, 1.807) is 6.92 Å². The molecule has 0 unspecified atom stereocenters. The predicted molar refractivity (Wildman–Crippen MR) is 56.4 cm³/mol. The second-order valence-corrected chi connectivity index (χ2v) is 3.11. The van der Waals surface area contributed by atoms with Gasteiger partial charge in [0.1, 0.15) is 11.8 Å². The molecule has 5 nitrogen and oxygen atoms in total. The summed E-state index contributed by atoms with van der Waals surface area (Å²) in [6.45, 7) is 1.70. The minimum absolute atomic E-state index is 0.112. The quantitative estimate of drug-likeness (QED) is 0.771. The molecule has 0 atom stereocenters. The molecular formula is C11H10F2N2O3. The molecule has 0 N–H and O–H groups in total. The minimum Gasteiger partial charge on any atom is -0.496 e. The van der Waals surface area contributed by atoms with Gasteiger partial charge in [0, 0.05) is 6.07 Å². The standard InChI is InChI=1S/C11H10F2N2O3/c1-3-18-11(16)6-4-8(17-2)9(10(12)13)7(5-14)15-6/h4,10H,3H2,1-2H3. The number of aromatic nitrogens is 1. The molecule has 0 spiro atoms. The van der Waals surface area contributed by atoms with E-state index in [0.717, 1.165) is 13.2 Å². The lowest BCUT2D eigenvalue weighted by Gasteiger charge is -2.10. The van der Waals surface area contributed by atoms with Crippen molar-refractivity contribution in [3.8, 4) is 11.8 Å². The van der Waals surface area contributed by atoms with Crippen LogP contribution in [0.4, 0.5) is 8.78 Å². The van der Waals surface area contributed by atoms with Crippen LogP contribution in [0.1, 0.15) is 35.1 Å². The Hall–Kier alpha value is -2.23. The molecule has 1 rings (SSSR count). The Morgan fingerprint density at radius 3 is 2.72 bits per heavy atom. The number of methoxy groups -OCH3 is 1. The van der Waals surface area contributed by atoms with Crippen LogP contribution in [0.3, 0.4) is 0 Å². The fourth-order valence-corrected chi connectivity index (χ4v) is 1.31. The number of esters is 1. The lowest BCUT2D eigenvalue weighted by molar-refractivity contribution is 0.0518. The molecule has 7 heteroatoms. The normalized spacial score (nSPS) is 10.0. The Balaban J connectivity index is 3.36. The maximum atomic E-state index is 12.8. The van der Waals surface area contributed by atoms with Crippen molar-refractivity contribution < 1.29 is 23.0 Å². The molecule has 0 amide bonds. The number of halogens is 2. The van der Waals surface area contributed by atoms with E-state index in [4.69, 9.17) is 10.00 Å². The van der Waals surface area contributed by atoms with Crippen LogP contribution in [0, 0.1) is 11.3 Å².